The van der Waals surface area contributed by atoms with Crippen LogP contribution in [0.25, 0.3) is 10.9 Å². The Bertz CT molecular complexity index is 1050. The van der Waals surface area contributed by atoms with Crippen LogP contribution in [-0.4, -0.2) is 26.4 Å². The minimum Gasteiger partial charge on any atom is -0.289 e. The first kappa shape index (κ1) is 22.1. The van der Waals surface area contributed by atoms with Gasteiger partial charge in [-0.05, 0) is 43.0 Å². The highest BCUT2D eigenvalue weighted by Crippen LogP contribution is 2.21. The molecule has 2 N–H and O–H groups in total. The van der Waals surface area contributed by atoms with Gasteiger partial charge in [-0.1, -0.05) is 61.0 Å². The molecule has 0 bridgehead atoms. The number of rotatable bonds is 10. The van der Waals surface area contributed by atoms with Crippen molar-refractivity contribution in [3.8, 4) is 0 Å². The van der Waals surface area contributed by atoms with E-state index in [-0.39, 0.29) is 11.5 Å². The van der Waals surface area contributed by atoms with Gasteiger partial charge in [-0.25, -0.2) is 10.5 Å². The number of nitrogens with zero attached hydrogens (tertiary/aromatic N) is 2. The molecule has 0 saturated carbocycles. The van der Waals surface area contributed by atoms with Crippen molar-refractivity contribution in [2.45, 2.75) is 50.7 Å². The summed E-state index contributed by atoms with van der Waals surface area (Å²) >= 11 is 1.60. The molecule has 0 aliphatic heterocycles. The number of carbonyl (C=O) groups is 1. The van der Waals surface area contributed by atoms with E-state index in [1.54, 1.807) is 21.8 Å². The van der Waals surface area contributed by atoms with Gasteiger partial charge in [-0.3, -0.25) is 19.4 Å². The van der Waals surface area contributed by atoms with Crippen molar-refractivity contribution >= 4 is 28.6 Å². The van der Waals surface area contributed by atoms with E-state index in [1.165, 1.54) is 0 Å². The normalized spacial score (nSPS) is 11.0. The van der Waals surface area contributed by atoms with E-state index >= 15 is 0 Å². The van der Waals surface area contributed by atoms with Crippen LogP contribution in [0, 0.1) is 6.92 Å². The molecule has 0 unspecified atom stereocenters. The standard InChI is InChI=1S/C23H27N3O3S/c1-17-12-13-19-20(15-17)24-23(30-14-8-3-2-7-11-21(27)25-29)26(22(19)28)16-18-9-5-4-6-10-18/h4-6,9-10,12-13,15,29H,2-3,7-8,11,14,16H2,1H3,(H,25,27). The zero-order chi connectivity index (χ0) is 21.3. The molecule has 1 heterocycles. The van der Waals surface area contributed by atoms with Crippen molar-refractivity contribution in [2.75, 3.05) is 5.75 Å². The highest BCUT2D eigenvalue weighted by molar-refractivity contribution is 7.99. The molecule has 3 rings (SSSR count). The maximum Gasteiger partial charge on any atom is 0.262 e. The molecule has 0 saturated heterocycles. The highest BCUT2D eigenvalue weighted by atomic mass is 32.2. The summed E-state index contributed by atoms with van der Waals surface area (Å²) in [5.74, 6) is 0.509. The predicted molar refractivity (Wildman–Crippen MR) is 120 cm³/mol. The molecule has 30 heavy (non-hydrogen) atoms. The van der Waals surface area contributed by atoms with E-state index in [0.29, 0.717) is 18.4 Å². The average molecular weight is 426 g/mol. The molecule has 0 radical (unpaired) electrons. The first-order valence-corrected chi connectivity index (χ1v) is 11.2. The number of amides is 1. The molecular formula is C23H27N3O3S. The van der Waals surface area contributed by atoms with E-state index in [0.717, 1.165) is 53.2 Å². The topological polar surface area (TPSA) is 84.2 Å². The third-order valence-corrected chi connectivity index (χ3v) is 5.98. The number of hydroxylamine groups is 1. The Hall–Kier alpha value is -2.64. The Morgan fingerprint density at radius 1 is 1.10 bits per heavy atom. The Morgan fingerprint density at radius 3 is 2.63 bits per heavy atom. The first-order chi connectivity index (χ1) is 14.6. The van der Waals surface area contributed by atoms with E-state index in [2.05, 4.69) is 0 Å². The SMILES string of the molecule is Cc1ccc2c(=O)n(Cc3ccccc3)c(SCCCCCCC(=O)NO)nc2c1. The Labute approximate surface area is 180 Å². The molecule has 0 atom stereocenters. The number of carbonyl (C=O) groups excluding carboxylic acids is 1. The predicted octanol–water partition coefficient (Wildman–Crippen LogP) is 4.30. The lowest BCUT2D eigenvalue weighted by molar-refractivity contribution is -0.129. The number of nitrogens with one attached hydrogen (secondary N) is 1. The van der Waals surface area contributed by atoms with Crippen LogP contribution in [0.15, 0.2) is 58.5 Å². The summed E-state index contributed by atoms with van der Waals surface area (Å²) in [5.41, 5.74) is 4.53. The third kappa shape index (κ3) is 5.93. The van der Waals surface area contributed by atoms with Gasteiger partial charge in [0, 0.05) is 12.2 Å². The molecule has 1 aromatic heterocycles. The van der Waals surface area contributed by atoms with Crippen LogP contribution in [0.4, 0.5) is 0 Å². The van der Waals surface area contributed by atoms with Crippen molar-refractivity contribution < 1.29 is 10.0 Å². The number of aryl methyl sites for hydroxylation is 1. The van der Waals surface area contributed by atoms with Crippen LogP contribution in [0.2, 0.25) is 0 Å². The molecule has 0 aliphatic rings. The molecule has 158 valence electrons. The van der Waals surface area contributed by atoms with Gasteiger partial charge in [0.2, 0.25) is 5.91 Å². The number of aromatic nitrogens is 2. The maximum atomic E-state index is 13.2. The summed E-state index contributed by atoms with van der Waals surface area (Å²) < 4.78 is 1.77. The molecule has 1 amide bonds. The maximum absolute atomic E-state index is 13.2. The van der Waals surface area contributed by atoms with Gasteiger partial charge in [0.25, 0.3) is 5.56 Å². The van der Waals surface area contributed by atoms with E-state index < -0.39 is 0 Å². The number of hydrogen-bond donors (Lipinski definition) is 2. The fraction of sp³-hybridized carbons (Fsp3) is 0.348. The number of fused-ring (bicyclic) bond motifs is 1. The monoisotopic (exact) mass is 425 g/mol. The van der Waals surface area contributed by atoms with Crippen LogP contribution < -0.4 is 11.0 Å². The number of benzene rings is 2. The number of hydrogen-bond acceptors (Lipinski definition) is 5. The lowest BCUT2D eigenvalue weighted by Crippen LogP contribution is -2.24. The molecular weight excluding hydrogens is 398 g/mol. The van der Waals surface area contributed by atoms with Crippen LogP contribution in [-0.2, 0) is 11.3 Å². The van der Waals surface area contributed by atoms with Gasteiger partial charge in [-0.2, -0.15) is 0 Å². The van der Waals surface area contributed by atoms with E-state index in [4.69, 9.17) is 10.2 Å². The Kier molecular flexibility index (Phi) is 8.04. The Morgan fingerprint density at radius 2 is 1.87 bits per heavy atom. The molecule has 0 fully saturated rings. The molecule has 3 aromatic rings. The molecule has 0 aliphatic carbocycles. The fourth-order valence-electron chi connectivity index (χ4n) is 3.29. The first-order valence-electron chi connectivity index (χ1n) is 10.2. The summed E-state index contributed by atoms with van der Waals surface area (Å²) in [4.78, 5) is 29.0. The van der Waals surface area contributed by atoms with Crippen molar-refractivity contribution in [3.63, 3.8) is 0 Å². The summed E-state index contributed by atoms with van der Waals surface area (Å²) in [7, 11) is 0. The lowest BCUT2D eigenvalue weighted by atomic mass is 10.1. The largest absolute Gasteiger partial charge is 0.289 e. The fourth-order valence-corrected chi connectivity index (χ4v) is 4.28. The summed E-state index contributed by atoms with van der Waals surface area (Å²) in [6.07, 6.45) is 3.98. The van der Waals surface area contributed by atoms with Crippen LogP contribution in [0.3, 0.4) is 0 Å². The van der Waals surface area contributed by atoms with Gasteiger partial charge in [0.1, 0.15) is 0 Å². The average Bonchev–Trinajstić information content (AvgIpc) is 2.75. The van der Waals surface area contributed by atoms with Gasteiger partial charge in [-0.15, -0.1) is 0 Å². The van der Waals surface area contributed by atoms with Crippen molar-refractivity contribution in [1.82, 2.24) is 15.0 Å². The van der Waals surface area contributed by atoms with Gasteiger partial charge < -0.3 is 0 Å². The van der Waals surface area contributed by atoms with Crippen molar-refractivity contribution in [2.24, 2.45) is 0 Å². The summed E-state index contributed by atoms with van der Waals surface area (Å²) in [5, 5.41) is 9.89. The second kappa shape index (κ2) is 10.9. The highest BCUT2D eigenvalue weighted by Gasteiger charge is 2.12. The van der Waals surface area contributed by atoms with Crippen LogP contribution >= 0.6 is 11.8 Å². The van der Waals surface area contributed by atoms with E-state index in [9.17, 15) is 9.59 Å². The number of unbranched alkanes of at least 4 members (excludes halogenated alkanes) is 3. The quantitative estimate of drug-likeness (QED) is 0.166. The molecule has 7 heteroatoms. The van der Waals surface area contributed by atoms with Crippen molar-refractivity contribution in [1.29, 1.82) is 0 Å². The van der Waals surface area contributed by atoms with E-state index in [1.807, 2.05) is 55.5 Å². The van der Waals surface area contributed by atoms with Crippen LogP contribution in [0.1, 0.15) is 43.2 Å². The molecule has 0 spiro atoms. The second-order valence-corrected chi connectivity index (χ2v) is 8.40. The Balaban J connectivity index is 1.72. The van der Waals surface area contributed by atoms with Gasteiger partial charge in [0.05, 0.1) is 17.4 Å². The van der Waals surface area contributed by atoms with Crippen molar-refractivity contribution in [3.05, 3.63) is 70.0 Å². The van der Waals surface area contributed by atoms with Gasteiger partial charge in [0.15, 0.2) is 5.16 Å². The molecule has 2 aromatic carbocycles. The zero-order valence-electron chi connectivity index (χ0n) is 17.1. The smallest absolute Gasteiger partial charge is 0.262 e. The zero-order valence-corrected chi connectivity index (χ0v) is 18.0. The summed E-state index contributed by atoms with van der Waals surface area (Å²) in [6, 6.07) is 15.7. The molecule has 6 nitrogen and oxygen atoms in total. The second-order valence-electron chi connectivity index (χ2n) is 7.34. The summed E-state index contributed by atoms with van der Waals surface area (Å²) in [6.45, 7) is 2.50. The number of thioether (sulfide) groups is 1. The lowest BCUT2D eigenvalue weighted by Gasteiger charge is -2.13. The third-order valence-electron chi connectivity index (χ3n) is 4.91. The minimum atomic E-state index is -0.343. The van der Waals surface area contributed by atoms with Crippen LogP contribution in [0.5, 0.6) is 0 Å². The minimum absolute atomic E-state index is 0.0126. The van der Waals surface area contributed by atoms with Gasteiger partial charge >= 0.3 is 0 Å².